The molecule has 1 amide bonds. The first kappa shape index (κ1) is 14.8. The summed E-state index contributed by atoms with van der Waals surface area (Å²) >= 11 is 7.60. The van der Waals surface area contributed by atoms with E-state index in [1.54, 1.807) is 23.9 Å². The summed E-state index contributed by atoms with van der Waals surface area (Å²) in [7, 11) is 0. The van der Waals surface area contributed by atoms with Gasteiger partial charge in [-0.05, 0) is 35.4 Å². The van der Waals surface area contributed by atoms with E-state index in [-0.39, 0.29) is 0 Å². The average molecular weight is 307 g/mol. The van der Waals surface area contributed by atoms with Gasteiger partial charge in [0.2, 0.25) is 5.91 Å². The number of carbonyl (C=O) groups is 1. The van der Waals surface area contributed by atoms with Crippen LogP contribution >= 0.6 is 23.4 Å². The van der Waals surface area contributed by atoms with Crippen LogP contribution in [0.1, 0.15) is 21.5 Å². The molecule has 0 fully saturated rings. The van der Waals surface area contributed by atoms with Crippen molar-refractivity contribution in [3.05, 3.63) is 64.2 Å². The topological polar surface area (TPSA) is 69.1 Å². The molecule has 0 aliphatic heterocycles. The van der Waals surface area contributed by atoms with Crippen molar-refractivity contribution in [3.63, 3.8) is 0 Å². The molecule has 0 aliphatic carbocycles. The van der Waals surface area contributed by atoms with Gasteiger partial charge in [-0.25, -0.2) is 0 Å². The predicted molar refractivity (Wildman–Crippen MR) is 85.8 cm³/mol. The molecule has 20 heavy (non-hydrogen) atoms. The van der Waals surface area contributed by atoms with Gasteiger partial charge in [0.25, 0.3) is 0 Å². The summed E-state index contributed by atoms with van der Waals surface area (Å²) in [5.41, 5.74) is 14.4. The standard InChI is InChI=1S/C15H15ClN2OS/c16-13-5-1-10(2-6-13)8-20-9-12-4-3-11(15(18)19)7-14(12)17/h1-7H,8-9,17H2,(H2,18,19). The number of halogens is 1. The molecule has 5 heteroatoms. The maximum atomic E-state index is 11.0. The molecule has 0 heterocycles. The number of benzene rings is 2. The molecule has 0 spiro atoms. The number of hydrogen-bond acceptors (Lipinski definition) is 3. The number of hydrogen-bond donors (Lipinski definition) is 2. The second-order valence-corrected chi connectivity index (χ2v) is 5.82. The van der Waals surface area contributed by atoms with Gasteiger partial charge in [0.05, 0.1) is 0 Å². The number of primary amides is 1. The smallest absolute Gasteiger partial charge is 0.248 e. The van der Waals surface area contributed by atoms with Crippen LogP contribution in [0.4, 0.5) is 5.69 Å². The van der Waals surface area contributed by atoms with E-state index in [1.807, 2.05) is 30.3 Å². The van der Waals surface area contributed by atoms with E-state index in [9.17, 15) is 4.79 Å². The number of amides is 1. The van der Waals surface area contributed by atoms with Crippen molar-refractivity contribution in [1.29, 1.82) is 0 Å². The quantitative estimate of drug-likeness (QED) is 0.831. The summed E-state index contributed by atoms with van der Waals surface area (Å²) in [5, 5.41) is 0.741. The molecule has 0 saturated carbocycles. The highest BCUT2D eigenvalue weighted by Crippen LogP contribution is 2.23. The molecule has 104 valence electrons. The molecular formula is C15H15ClN2OS. The third-order valence-electron chi connectivity index (χ3n) is 2.87. The molecule has 2 rings (SSSR count). The number of carbonyl (C=O) groups excluding carboxylic acids is 1. The second kappa shape index (κ2) is 6.68. The Hall–Kier alpha value is -1.65. The Kier molecular flexibility index (Phi) is 4.93. The Morgan fingerprint density at radius 2 is 1.80 bits per heavy atom. The van der Waals surface area contributed by atoms with Gasteiger partial charge in [-0.15, -0.1) is 0 Å². The minimum atomic E-state index is -0.461. The molecule has 0 unspecified atom stereocenters. The van der Waals surface area contributed by atoms with Crippen LogP contribution in [0.5, 0.6) is 0 Å². The molecule has 0 aliphatic rings. The van der Waals surface area contributed by atoms with Crippen LogP contribution in [-0.4, -0.2) is 5.91 Å². The molecule has 0 aromatic heterocycles. The third kappa shape index (κ3) is 3.92. The molecule has 4 N–H and O–H groups in total. The van der Waals surface area contributed by atoms with Crippen molar-refractivity contribution in [2.75, 3.05) is 5.73 Å². The highest BCUT2D eigenvalue weighted by molar-refractivity contribution is 7.97. The molecule has 0 saturated heterocycles. The minimum absolute atomic E-state index is 0.439. The largest absolute Gasteiger partial charge is 0.398 e. The van der Waals surface area contributed by atoms with Crippen molar-refractivity contribution in [1.82, 2.24) is 0 Å². The van der Waals surface area contributed by atoms with Crippen LogP contribution in [0.25, 0.3) is 0 Å². The number of nitrogen functional groups attached to an aromatic ring is 1. The Bertz CT molecular complexity index is 614. The van der Waals surface area contributed by atoms with Crippen LogP contribution in [-0.2, 0) is 11.5 Å². The van der Waals surface area contributed by atoms with Crippen molar-refractivity contribution in [2.45, 2.75) is 11.5 Å². The van der Waals surface area contributed by atoms with Gasteiger partial charge in [0.1, 0.15) is 0 Å². The van der Waals surface area contributed by atoms with Crippen LogP contribution in [0.3, 0.4) is 0 Å². The first-order valence-corrected chi connectivity index (χ1v) is 7.60. The molecule has 0 bridgehead atoms. The Labute approximate surface area is 127 Å². The average Bonchev–Trinajstić information content (AvgIpc) is 2.42. The van der Waals surface area contributed by atoms with Crippen molar-refractivity contribution < 1.29 is 4.79 Å². The van der Waals surface area contributed by atoms with Gasteiger partial charge >= 0.3 is 0 Å². The van der Waals surface area contributed by atoms with Crippen molar-refractivity contribution in [3.8, 4) is 0 Å². The normalized spacial score (nSPS) is 10.4. The molecule has 2 aromatic carbocycles. The Morgan fingerprint density at radius 3 is 2.40 bits per heavy atom. The van der Waals surface area contributed by atoms with Crippen LogP contribution in [0.2, 0.25) is 5.02 Å². The summed E-state index contributed by atoms with van der Waals surface area (Å²) in [6, 6.07) is 13.0. The van der Waals surface area contributed by atoms with E-state index < -0.39 is 5.91 Å². The number of nitrogens with two attached hydrogens (primary N) is 2. The fraction of sp³-hybridized carbons (Fsp3) is 0.133. The SMILES string of the molecule is NC(=O)c1ccc(CSCc2ccc(Cl)cc2)c(N)c1. The monoisotopic (exact) mass is 306 g/mol. The van der Waals surface area contributed by atoms with E-state index in [0.717, 1.165) is 22.1 Å². The first-order chi connectivity index (χ1) is 9.56. The molecule has 0 atom stereocenters. The summed E-state index contributed by atoms with van der Waals surface area (Å²) in [5.74, 6) is 1.21. The molecule has 0 radical (unpaired) electrons. The lowest BCUT2D eigenvalue weighted by Crippen LogP contribution is -2.11. The highest BCUT2D eigenvalue weighted by Gasteiger charge is 2.05. The van der Waals surface area contributed by atoms with Crippen molar-refractivity contribution in [2.24, 2.45) is 5.73 Å². The third-order valence-corrected chi connectivity index (χ3v) is 4.17. The van der Waals surface area contributed by atoms with Gasteiger partial charge in [-0.2, -0.15) is 11.8 Å². The van der Waals surface area contributed by atoms with Gasteiger partial charge in [-0.1, -0.05) is 29.8 Å². The zero-order valence-corrected chi connectivity index (χ0v) is 12.4. The Morgan fingerprint density at radius 1 is 1.10 bits per heavy atom. The fourth-order valence-corrected chi connectivity index (χ4v) is 2.88. The summed E-state index contributed by atoms with van der Waals surface area (Å²) in [6.45, 7) is 0. The maximum Gasteiger partial charge on any atom is 0.248 e. The van der Waals surface area contributed by atoms with Crippen LogP contribution < -0.4 is 11.5 Å². The molecule has 3 nitrogen and oxygen atoms in total. The lowest BCUT2D eigenvalue weighted by Gasteiger charge is -2.07. The van der Waals surface area contributed by atoms with Gasteiger partial charge < -0.3 is 11.5 Å². The fourth-order valence-electron chi connectivity index (χ4n) is 1.74. The predicted octanol–water partition coefficient (Wildman–Crippen LogP) is 3.45. The van der Waals surface area contributed by atoms with E-state index in [2.05, 4.69) is 0 Å². The van der Waals surface area contributed by atoms with Gasteiger partial charge in [0.15, 0.2) is 0 Å². The lowest BCUT2D eigenvalue weighted by molar-refractivity contribution is 0.100. The van der Waals surface area contributed by atoms with Crippen molar-refractivity contribution >= 4 is 35.0 Å². The molecule has 2 aromatic rings. The highest BCUT2D eigenvalue weighted by atomic mass is 35.5. The second-order valence-electron chi connectivity index (χ2n) is 4.40. The number of rotatable bonds is 5. The van der Waals surface area contributed by atoms with Gasteiger partial charge in [-0.3, -0.25) is 4.79 Å². The summed E-state index contributed by atoms with van der Waals surface area (Å²) in [4.78, 5) is 11.0. The lowest BCUT2D eigenvalue weighted by atomic mass is 10.1. The minimum Gasteiger partial charge on any atom is -0.398 e. The van der Waals surface area contributed by atoms with E-state index in [1.165, 1.54) is 5.56 Å². The zero-order chi connectivity index (χ0) is 14.5. The van der Waals surface area contributed by atoms with E-state index in [4.69, 9.17) is 23.1 Å². The molecular weight excluding hydrogens is 292 g/mol. The van der Waals surface area contributed by atoms with Crippen LogP contribution in [0.15, 0.2) is 42.5 Å². The number of thioether (sulfide) groups is 1. The van der Waals surface area contributed by atoms with Crippen LogP contribution in [0, 0.1) is 0 Å². The summed E-state index contributed by atoms with van der Waals surface area (Å²) < 4.78 is 0. The van der Waals surface area contributed by atoms with E-state index in [0.29, 0.717) is 11.3 Å². The van der Waals surface area contributed by atoms with Gasteiger partial charge in [0, 0.05) is 27.8 Å². The number of anilines is 1. The summed E-state index contributed by atoms with van der Waals surface area (Å²) in [6.07, 6.45) is 0. The van der Waals surface area contributed by atoms with E-state index >= 15 is 0 Å². The Balaban J connectivity index is 1.94. The zero-order valence-electron chi connectivity index (χ0n) is 10.8. The maximum absolute atomic E-state index is 11.0. The first-order valence-electron chi connectivity index (χ1n) is 6.06.